The Bertz CT molecular complexity index is 683. The largest absolute Gasteiger partial charge is 0.391 e. The first kappa shape index (κ1) is 11.6. The normalized spacial score (nSPS) is 12.2. The summed E-state index contributed by atoms with van der Waals surface area (Å²) in [6, 6.07) is 5.84. The van der Waals surface area contributed by atoms with Gasteiger partial charge in [-0.3, -0.25) is 0 Å². The number of aliphatic hydroxyl groups is 1. The standard InChI is InChI=1S/C10H11N3O3S2/c11-18(15,16)9-3-1-7(2-4-9)13-10-12-5-8(6-14)17-10/h1-5,14H,6H2,(H,12,13)(H2,11,15,16)/i5D. The van der Waals surface area contributed by atoms with E-state index in [1.54, 1.807) is 12.1 Å². The van der Waals surface area contributed by atoms with E-state index in [2.05, 4.69) is 10.3 Å². The third-order valence-corrected chi connectivity index (χ3v) is 3.86. The molecule has 4 N–H and O–H groups in total. The number of aromatic nitrogens is 1. The van der Waals surface area contributed by atoms with Gasteiger partial charge in [0.25, 0.3) is 0 Å². The highest BCUT2D eigenvalue weighted by molar-refractivity contribution is 7.89. The van der Waals surface area contributed by atoms with Crippen molar-refractivity contribution in [3.63, 3.8) is 0 Å². The minimum absolute atomic E-state index is 0.0226. The Balaban J connectivity index is 2.19. The molecule has 0 fully saturated rings. The van der Waals surface area contributed by atoms with Gasteiger partial charge in [0.15, 0.2) is 5.13 Å². The van der Waals surface area contributed by atoms with Crippen LogP contribution in [0.4, 0.5) is 10.8 Å². The van der Waals surface area contributed by atoms with Crippen molar-refractivity contribution in [2.24, 2.45) is 5.14 Å². The molecule has 0 saturated carbocycles. The highest BCUT2D eigenvalue weighted by Gasteiger charge is 2.07. The van der Waals surface area contributed by atoms with Crippen LogP contribution in [-0.4, -0.2) is 18.5 Å². The average Bonchev–Trinajstić information content (AvgIpc) is 2.69. The number of benzene rings is 1. The summed E-state index contributed by atoms with van der Waals surface area (Å²) < 4.78 is 29.6. The Hall–Kier alpha value is -1.48. The lowest BCUT2D eigenvalue weighted by atomic mass is 10.3. The molecule has 2 rings (SSSR count). The van der Waals surface area contributed by atoms with Crippen molar-refractivity contribution >= 4 is 32.2 Å². The number of anilines is 2. The number of nitrogens with zero attached hydrogens (tertiary/aromatic N) is 1. The zero-order chi connectivity index (χ0) is 14.0. The van der Waals surface area contributed by atoms with Crippen LogP contribution in [0.25, 0.3) is 0 Å². The predicted octanol–water partition coefficient (Wildman–Crippen LogP) is 1.03. The molecule has 8 heteroatoms. The second-order valence-electron chi connectivity index (χ2n) is 3.41. The Morgan fingerprint density at radius 3 is 2.61 bits per heavy atom. The van der Waals surface area contributed by atoms with Gasteiger partial charge in [-0.25, -0.2) is 18.5 Å². The topological polar surface area (TPSA) is 105 Å². The molecule has 0 spiro atoms. The van der Waals surface area contributed by atoms with E-state index < -0.39 is 10.0 Å². The van der Waals surface area contributed by atoms with Gasteiger partial charge in [-0.2, -0.15) is 0 Å². The summed E-state index contributed by atoms with van der Waals surface area (Å²) in [5.41, 5.74) is 0.616. The molecule has 1 heterocycles. The molecule has 0 radical (unpaired) electrons. The molecule has 0 aliphatic heterocycles. The number of nitrogens with two attached hydrogens (primary N) is 1. The van der Waals surface area contributed by atoms with Crippen LogP contribution in [0.1, 0.15) is 6.25 Å². The number of thiazole rings is 1. The van der Waals surface area contributed by atoms with Crippen molar-refractivity contribution < 1.29 is 14.9 Å². The lowest BCUT2D eigenvalue weighted by Gasteiger charge is -2.03. The summed E-state index contributed by atoms with van der Waals surface area (Å²) in [5, 5.41) is 17.3. The van der Waals surface area contributed by atoms with E-state index in [0.29, 0.717) is 15.7 Å². The molecule has 1 aromatic heterocycles. The van der Waals surface area contributed by atoms with Gasteiger partial charge in [0.05, 0.1) is 17.8 Å². The fourth-order valence-electron chi connectivity index (χ4n) is 1.25. The third-order valence-electron chi connectivity index (χ3n) is 2.08. The lowest BCUT2D eigenvalue weighted by molar-refractivity contribution is 0.285. The van der Waals surface area contributed by atoms with Gasteiger partial charge in [0.2, 0.25) is 10.0 Å². The van der Waals surface area contributed by atoms with Crippen LogP contribution in [0.2, 0.25) is 0 Å². The van der Waals surface area contributed by atoms with Crippen molar-refractivity contribution in [1.82, 2.24) is 4.98 Å². The molecule has 0 saturated heterocycles. The monoisotopic (exact) mass is 286 g/mol. The number of primary sulfonamides is 1. The minimum atomic E-state index is -3.70. The first-order chi connectivity index (χ1) is 8.90. The number of nitrogens with one attached hydrogen (secondary N) is 1. The van der Waals surface area contributed by atoms with E-state index in [1.807, 2.05) is 0 Å². The second-order valence-corrected chi connectivity index (χ2v) is 6.05. The summed E-state index contributed by atoms with van der Waals surface area (Å²) in [7, 11) is -3.70. The number of sulfonamides is 1. The van der Waals surface area contributed by atoms with Crippen molar-refractivity contribution in [3.05, 3.63) is 35.3 Å². The van der Waals surface area contributed by atoms with Crippen LogP contribution in [-0.2, 0) is 16.6 Å². The molecule has 0 unspecified atom stereocenters. The number of rotatable bonds is 4. The van der Waals surface area contributed by atoms with E-state index in [0.717, 1.165) is 11.3 Å². The van der Waals surface area contributed by atoms with E-state index in [9.17, 15) is 8.42 Å². The minimum Gasteiger partial charge on any atom is -0.391 e. The SMILES string of the molecule is [2H]c1nc(Nc2ccc(S(N)(=O)=O)cc2)sc1CO. The van der Waals surface area contributed by atoms with Gasteiger partial charge in [-0.1, -0.05) is 11.3 Å². The lowest BCUT2D eigenvalue weighted by Crippen LogP contribution is -2.11. The molecule has 0 bridgehead atoms. The van der Waals surface area contributed by atoms with Crippen molar-refractivity contribution in [3.8, 4) is 0 Å². The highest BCUT2D eigenvalue weighted by Crippen LogP contribution is 2.23. The fraction of sp³-hybridized carbons (Fsp3) is 0.100. The van der Waals surface area contributed by atoms with Crippen LogP contribution in [0.3, 0.4) is 0 Å². The molecular formula is C10H11N3O3S2. The Morgan fingerprint density at radius 2 is 2.11 bits per heavy atom. The number of aliphatic hydroxyl groups excluding tert-OH is 1. The maximum absolute atomic E-state index is 11.1. The highest BCUT2D eigenvalue weighted by atomic mass is 32.2. The zero-order valence-electron chi connectivity index (χ0n) is 10.1. The molecule has 0 aliphatic carbocycles. The van der Waals surface area contributed by atoms with E-state index >= 15 is 0 Å². The molecule has 96 valence electrons. The van der Waals surface area contributed by atoms with E-state index in [-0.39, 0.29) is 17.7 Å². The van der Waals surface area contributed by atoms with Gasteiger partial charge >= 0.3 is 0 Å². The van der Waals surface area contributed by atoms with Gasteiger partial charge in [-0.05, 0) is 24.3 Å². The van der Waals surface area contributed by atoms with Crippen LogP contribution >= 0.6 is 11.3 Å². The molecule has 1 aromatic carbocycles. The van der Waals surface area contributed by atoms with Gasteiger partial charge in [0, 0.05) is 11.9 Å². The van der Waals surface area contributed by atoms with Crippen LogP contribution < -0.4 is 10.5 Å². The average molecular weight is 286 g/mol. The molecule has 0 atom stereocenters. The van der Waals surface area contributed by atoms with Gasteiger partial charge < -0.3 is 10.4 Å². The summed E-state index contributed by atoms with van der Waals surface area (Å²) in [6.45, 7) is -0.234. The molecule has 2 aromatic rings. The van der Waals surface area contributed by atoms with Crippen LogP contribution in [0, 0.1) is 0 Å². The smallest absolute Gasteiger partial charge is 0.238 e. The van der Waals surface area contributed by atoms with E-state index in [4.69, 9.17) is 11.6 Å². The molecule has 0 aliphatic rings. The van der Waals surface area contributed by atoms with E-state index in [1.165, 1.54) is 12.1 Å². The van der Waals surface area contributed by atoms with Crippen molar-refractivity contribution in [2.75, 3.05) is 5.32 Å². The fourth-order valence-corrected chi connectivity index (χ4v) is 2.41. The Kier molecular flexibility index (Phi) is 3.24. The first-order valence-corrected chi connectivity index (χ1v) is 7.23. The van der Waals surface area contributed by atoms with Gasteiger partial charge in [0.1, 0.15) is 0 Å². The predicted molar refractivity (Wildman–Crippen MR) is 69.1 cm³/mol. The van der Waals surface area contributed by atoms with Gasteiger partial charge in [-0.15, -0.1) is 0 Å². The third kappa shape index (κ3) is 3.05. The molecule has 0 amide bonds. The van der Waals surface area contributed by atoms with Crippen molar-refractivity contribution in [1.29, 1.82) is 0 Å². The quantitative estimate of drug-likeness (QED) is 0.778. The molecule has 6 nitrogen and oxygen atoms in total. The Labute approximate surface area is 110 Å². The first-order valence-electron chi connectivity index (χ1n) is 5.37. The number of hydrogen-bond donors (Lipinski definition) is 3. The summed E-state index contributed by atoms with van der Waals surface area (Å²) in [6.07, 6.45) is 0.0242. The second kappa shape index (κ2) is 5.02. The zero-order valence-corrected chi connectivity index (χ0v) is 10.8. The van der Waals surface area contributed by atoms with Crippen LogP contribution in [0.15, 0.2) is 35.3 Å². The maximum atomic E-state index is 11.1. The van der Waals surface area contributed by atoms with Crippen molar-refractivity contribution in [2.45, 2.75) is 11.5 Å². The maximum Gasteiger partial charge on any atom is 0.238 e. The summed E-state index contributed by atoms with van der Waals surface area (Å²) >= 11 is 1.16. The molecule has 18 heavy (non-hydrogen) atoms. The summed E-state index contributed by atoms with van der Waals surface area (Å²) in [5.74, 6) is 0. The Morgan fingerprint density at radius 1 is 1.44 bits per heavy atom. The number of hydrogen-bond acceptors (Lipinski definition) is 6. The van der Waals surface area contributed by atoms with Crippen LogP contribution in [0.5, 0.6) is 0 Å². The molecular weight excluding hydrogens is 274 g/mol. The summed E-state index contributed by atoms with van der Waals surface area (Å²) in [4.78, 5) is 4.40.